The average Bonchev–Trinajstić information content (AvgIpc) is 2.89. The van der Waals surface area contributed by atoms with E-state index in [0.717, 1.165) is 0 Å². The van der Waals surface area contributed by atoms with E-state index >= 15 is 0 Å². The van der Waals surface area contributed by atoms with Crippen molar-refractivity contribution >= 4 is 31.7 Å². The number of rotatable bonds is 2. The third-order valence-corrected chi connectivity index (χ3v) is 6.73. The Morgan fingerprint density at radius 1 is 1.22 bits per heavy atom. The van der Waals surface area contributed by atoms with Gasteiger partial charge in [-0.15, -0.1) is 0 Å². The van der Waals surface area contributed by atoms with Gasteiger partial charge in [-0.25, -0.2) is 12.8 Å². The Morgan fingerprint density at radius 2 is 1.91 bits per heavy atom. The zero-order valence-electron chi connectivity index (χ0n) is 12.5. The first-order valence-corrected chi connectivity index (χ1v) is 10.2. The molecule has 2 fully saturated rings. The summed E-state index contributed by atoms with van der Waals surface area (Å²) in [6.07, 6.45) is 0.663. The lowest BCUT2D eigenvalue weighted by atomic mass is 10.1. The fraction of sp³-hybridized carbons (Fsp3) is 0.533. The van der Waals surface area contributed by atoms with Crippen LogP contribution < -0.4 is 0 Å². The molecule has 1 amide bonds. The van der Waals surface area contributed by atoms with Crippen LogP contribution in [0.1, 0.15) is 16.8 Å². The maximum absolute atomic E-state index is 13.8. The van der Waals surface area contributed by atoms with Gasteiger partial charge in [0.05, 0.1) is 17.1 Å². The van der Waals surface area contributed by atoms with Crippen molar-refractivity contribution in [1.82, 2.24) is 9.80 Å². The Labute approximate surface area is 143 Å². The molecule has 5 nitrogen and oxygen atoms in total. The lowest BCUT2D eigenvalue weighted by Crippen LogP contribution is -2.52. The summed E-state index contributed by atoms with van der Waals surface area (Å²) in [4.78, 5) is 16.2. The summed E-state index contributed by atoms with van der Waals surface area (Å²) in [5.41, 5.74) is 0.0660. The fourth-order valence-electron chi connectivity index (χ4n) is 3.19. The van der Waals surface area contributed by atoms with E-state index in [4.69, 9.17) is 0 Å². The highest BCUT2D eigenvalue weighted by Crippen LogP contribution is 2.21. The third kappa shape index (κ3) is 3.75. The topological polar surface area (TPSA) is 57.7 Å². The van der Waals surface area contributed by atoms with Crippen molar-refractivity contribution in [3.63, 3.8) is 0 Å². The summed E-state index contributed by atoms with van der Waals surface area (Å²) in [7, 11) is -2.91. The van der Waals surface area contributed by atoms with E-state index in [-0.39, 0.29) is 29.0 Å². The molecule has 23 heavy (non-hydrogen) atoms. The zero-order valence-corrected chi connectivity index (χ0v) is 14.9. The monoisotopic (exact) mass is 404 g/mol. The molecule has 0 unspecified atom stereocenters. The maximum Gasteiger partial charge on any atom is 0.256 e. The standard InChI is InChI=1S/C15H18BrFN2O3S/c16-11-1-2-14(17)13(9-11)15(20)19-6-4-18(5-7-19)12-3-8-23(21,22)10-12/h1-2,9,12H,3-8,10H2/t12-/m1/s1. The van der Waals surface area contributed by atoms with Crippen LogP contribution in [0.3, 0.4) is 0 Å². The van der Waals surface area contributed by atoms with Gasteiger partial charge in [-0.1, -0.05) is 15.9 Å². The van der Waals surface area contributed by atoms with E-state index in [1.54, 1.807) is 11.0 Å². The van der Waals surface area contributed by atoms with Gasteiger partial charge >= 0.3 is 0 Å². The van der Waals surface area contributed by atoms with Gasteiger partial charge in [-0.05, 0) is 24.6 Å². The number of carbonyl (C=O) groups is 1. The number of hydrogen-bond donors (Lipinski definition) is 0. The predicted octanol–water partition coefficient (Wildman–Crippen LogP) is 1.53. The van der Waals surface area contributed by atoms with Gasteiger partial charge in [0, 0.05) is 36.7 Å². The van der Waals surface area contributed by atoms with Gasteiger partial charge in [0.2, 0.25) is 0 Å². The summed E-state index contributed by atoms with van der Waals surface area (Å²) in [6.45, 7) is 2.23. The van der Waals surface area contributed by atoms with E-state index in [1.807, 2.05) is 0 Å². The first-order chi connectivity index (χ1) is 10.9. The van der Waals surface area contributed by atoms with Crippen molar-refractivity contribution in [2.24, 2.45) is 0 Å². The van der Waals surface area contributed by atoms with Gasteiger partial charge in [0.15, 0.2) is 9.84 Å². The van der Waals surface area contributed by atoms with Crippen molar-refractivity contribution < 1.29 is 17.6 Å². The zero-order chi connectivity index (χ0) is 16.6. The number of carbonyl (C=O) groups excluding carboxylic acids is 1. The van der Waals surface area contributed by atoms with Crippen LogP contribution in [-0.2, 0) is 9.84 Å². The van der Waals surface area contributed by atoms with Crippen LogP contribution in [0.5, 0.6) is 0 Å². The summed E-state index contributed by atoms with van der Waals surface area (Å²) in [5.74, 6) is -0.383. The Kier molecular flexibility index (Phi) is 4.75. The molecular formula is C15H18BrFN2O3S. The molecule has 1 atom stereocenters. The van der Waals surface area contributed by atoms with Crippen LogP contribution in [0.2, 0.25) is 0 Å². The van der Waals surface area contributed by atoms with E-state index in [1.165, 1.54) is 12.1 Å². The molecule has 0 radical (unpaired) electrons. The highest BCUT2D eigenvalue weighted by Gasteiger charge is 2.34. The van der Waals surface area contributed by atoms with Crippen molar-refractivity contribution in [2.45, 2.75) is 12.5 Å². The second kappa shape index (κ2) is 6.49. The summed E-state index contributed by atoms with van der Waals surface area (Å²) < 4.78 is 37.6. The Balaban J connectivity index is 1.63. The molecule has 2 aliphatic rings. The molecule has 0 N–H and O–H groups in total. The molecule has 1 aromatic rings. The maximum atomic E-state index is 13.8. The van der Waals surface area contributed by atoms with E-state index in [9.17, 15) is 17.6 Å². The lowest BCUT2D eigenvalue weighted by molar-refractivity contribution is 0.0583. The Hall–Kier alpha value is -0.990. The van der Waals surface area contributed by atoms with Crippen LogP contribution in [0.15, 0.2) is 22.7 Å². The molecule has 0 saturated carbocycles. The SMILES string of the molecule is O=C(c1cc(Br)ccc1F)N1CCN([C@@H]2CCS(=O)(=O)C2)CC1. The first-order valence-electron chi connectivity index (χ1n) is 7.54. The van der Waals surface area contributed by atoms with Crippen LogP contribution in [0.25, 0.3) is 0 Å². The molecule has 0 aliphatic carbocycles. The van der Waals surface area contributed by atoms with Crippen molar-refractivity contribution in [2.75, 3.05) is 37.7 Å². The van der Waals surface area contributed by atoms with Gasteiger partial charge in [0.25, 0.3) is 5.91 Å². The van der Waals surface area contributed by atoms with Crippen LogP contribution in [0.4, 0.5) is 4.39 Å². The van der Waals surface area contributed by atoms with Crippen LogP contribution >= 0.6 is 15.9 Å². The highest BCUT2D eigenvalue weighted by atomic mass is 79.9. The number of halogens is 2. The molecule has 126 valence electrons. The second-order valence-electron chi connectivity index (χ2n) is 6.01. The van der Waals surface area contributed by atoms with E-state index < -0.39 is 15.7 Å². The molecule has 3 rings (SSSR count). The van der Waals surface area contributed by atoms with Gasteiger partial charge < -0.3 is 4.90 Å². The van der Waals surface area contributed by atoms with Gasteiger partial charge in [0.1, 0.15) is 5.82 Å². The molecule has 1 aromatic carbocycles. The number of piperazine rings is 1. The first kappa shape index (κ1) is 16.9. The number of hydrogen-bond acceptors (Lipinski definition) is 4. The van der Waals surface area contributed by atoms with Crippen molar-refractivity contribution in [1.29, 1.82) is 0 Å². The lowest BCUT2D eigenvalue weighted by Gasteiger charge is -2.37. The summed E-state index contributed by atoms with van der Waals surface area (Å²) in [6, 6.07) is 4.38. The Bertz CT molecular complexity index is 717. The Morgan fingerprint density at radius 3 is 2.52 bits per heavy atom. The minimum absolute atomic E-state index is 0.0554. The molecular weight excluding hydrogens is 387 g/mol. The molecule has 2 aliphatic heterocycles. The summed E-state index contributed by atoms with van der Waals surface area (Å²) >= 11 is 3.25. The van der Waals surface area contributed by atoms with Crippen molar-refractivity contribution in [3.05, 3.63) is 34.1 Å². The van der Waals surface area contributed by atoms with Gasteiger partial charge in [-0.3, -0.25) is 9.69 Å². The number of nitrogens with zero attached hydrogens (tertiary/aromatic N) is 2. The van der Waals surface area contributed by atoms with Crippen LogP contribution in [-0.4, -0.2) is 67.9 Å². The van der Waals surface area contributed by atoms with E-state index in [2.05, 4.69) is 20.8 Å². The number of amides is 1. The average molecular weight is 405 g/mol. The smallest absolute Gasteiger partial charge is 0.256 e. The molecule has 2 saturated heterocycles. The molecule has 0 bridgehead atoms. The normalized spacial score (nSPS) is 24.8. The molecule has 0 aromatic heterocycles. The molecule has 2 heterocycles. The van der Waals surface area contributed by atoms with Crippen molar-refractivity contribution in [3.8, 4) is 0 Å². The minimum atomic E-state index is -2.91. The summed E-state index contributed by atoms with van der Waals surface area (Å²) in [5, 5.41) is 0. The predicted molar refractivity (Wildman–Crippen MR) is 88.6 cm³/mol. The minimum Gasteiger partial charge on any atom is -0.336 e. The third-order valence-electron chi connectivity index (χ3n) is 4.49. The molecule has 8 heteroatoms. The largest absolute Gasteiger partial charge is 0.336 e. The van der Waals surface area contributed by atoms with E-state index in [0.29, 0.717) is 37.1 Å². The second-order valence-corrected chi connectivity index (χ2v) is 9.15. The number of benzene rings is 1. The van der Waals surface area contributed by atoms with Gasteiger partial charge in [-0.2, -0.15) is 0 Å². The van der Waals surface area contributed by atoms with Crippen LogP contribution in [0, 0.1) is 5.82 Å². The molecule has 0 spiro atoms. The quantitative estimate of drug-likeness (QED) is 0.749. The number of sulfone groups is 1. The fourth-order valence-corrected chi connectivity index (χ4v) is 5.31. The highest BCUT2D eigenvalue weighted by molar-refractivity contribution is 9.10.